The Bertz CT molecular complexity index is 572. The van der Waals surface area contributed by atoms with E-state index >= 15 is 0 Å². The van der Waals surface area contributed by atoms with Crippen LogP contribution in [0.1, 0.15) is 58.7 Å². The van der Waals surface area contributed by atoms with Gasteiger partial charge in [-0.1, -0.05) is 27.7 Å². The molecule has 5 nitrogen and oxygen atoms in total. The van der Waals surface area contributed by atoms with Crippen LogP contribution in [0.15, 0.2) is 12.3 Å². The molecule has 1 amide bonds. The monoisotopic (exact) mass is 316 g/mol. The summed E-state index contributed by atoms with van der Waals surface area (Å²) in [6.45, 7) is 9.93. The zero-order valence-corrected chi connectivity index (χ0v) is 14.7. The van der Waals surface area contributed by atoms with Crippen LogP contribution < -0.4 is 4.90 Å². The highest BCUT2D eigenvalue weighted by Gasteiger charge is 2.39. The second kappa shape index (κ2) is 6.46. The fourth-order valence-corrected chi connectivity index (χ4v) is 3.80. The Hall–Kier alpha value is -1.65. The molecule has 2 bridgehead atoms. The zero-order valence-electron chi connectivity index (χ0n) is 14.7. The van der Waals surface area contributed by atoms with Gasteiger partial charge >= 0.3 is 0 Å². The Balaban J connectivity index is 1.84. The highest BCUT2D eigenvalue weighted by Crippen LogP contribution is 2.34. The fourth-order valence-electron chi connectivity index (χ4n) is 3.80. The van der Waals surface area contributed by atoms with Crippen molar-refractivity contribution in [3.63, 3.8) is 0 Å². The second-order valence-electron chi connectivity index (χ2n) is 7.45. The number of carbonyl (C=O) groups is 1. The third-order valence-corrected chi connectivity index (χ3v) is 5.03. The van der Waals surface area contributed by atoms with Gasteiger partial charge in [-0.2, -0.15) is 0 Å². The van der Waals surface area contributed by atoms with Gasteiger partial charge in [0.2, 0.25) is 5.91 Å². The molecular weight excluding hydrogens is 288 g/mol. The lowest BCUT2D eigenvalue weighted by molar-refractivity contribution is -0.134. The number of anilines is 1. The van der Waals surface area contributed by atoms with Gasteiger partial charge in [0, 0.05) is 43.2 Å². The number of aromatic nitrogens is 2. The first-order valence-electron chi connectivity index (χ1n) is 8.87. The van der Waals surface area contributed by atoms with Crippen LogP contribution in [0, 0.1) is 5.92 Å². The van der Waals surface area contributed by atoms with Crippen LogP contribution in [0.3, 0.4) is 0 Å². The maximum atomic E-state index is 12.4. The molecule has 2 aliphatic rings. The van der Waals surface area contributed by atoms with E-state index in [0.717, 1.165) is 37.6 Å². The fraction of sp³-hybridized carbons (Fsp3) is 0.722. The molecule has 2 atom stereocenters. The van der Waals surface area contributed by atoms with Gasteiger partial charge in [0.25, 0.3) is 0 Å². The van der Waals surface area contributed by atoms with Crippen molar-refractivity contribution in [3.05, 3.63) is 18.1 Å². The van der Waals surface area contributed by atoms with Crippen LogP contribution in [-0.4, -0.2) is 45.9 Å². The topological polar surface area (TPSA) is 49.3 Å². The van der Waals surface area contributed by atoms with Crippen molar-refractivity contribution in [1.82, 2.24) is 14.9 Å². The van der Waals surface area contributed by atoms with Crippen LogP contribution in [0.5, 0.6) is 0 Å². The van der Waals surface area contributed by atoms with E-state index in [4.69, 9.17) is 4.98 Å². The lowest BCUT2D eigenvalue weighted by atomic mass is 10.1. The first kappa shape index (κ1) is 16.2. The quantitative estimate of drug-likeness (QED) is 0.860. The molecule has 3 rings (SSSR count). The maximum absolute atomic E-state index is 12.4. The van der Waals surface area contributed by atoms with Crippen LogP contribution in [0.25, 0.3) is 0 Å². The Morgan fingerprint density at radius 1 is 1.17 bits per heavy atom. The average molecular weight is 316 g/mol. The van der Waals surface area contributed by atoms with Crippen molar-refractivity contribution in [2.75, 3.05) is 18.0 Å². The molecule has 0 N–H and O–H groups in total. The van der Waals surface area contributed by atoms with E-state index in [0.29, 0.717) is 18.0 Å². The number of carbonyl (C=O) groups excluding carboxylic acids is 1. The van der Waals surface area contributed by atoms with E-state index in [1.807, 2.05) is 26.1 Å². The van der Waals surface area contributed by atoms with E-state index in [1.54, 1.807) is 0 Å². The summed E-state index contributed by atoms with van der Waals surface area (Å²) in [4.78, 5) is 26.1. The molecule has 0 saturated carbocycles. The van der Waals surface area contributed by atoms with Gasteiger partial charge in [0.05, 0.1) is 0 Å². The van der Waals surface area contributed by atoms with Gasteiger partial charge in [-0.05, 0) is 25.3 Å². The minimum Gasteiger partial charge on any atom is -0.349 e. The Morgan fingerprint density at radius 2 is 1.91 bits per heavy atom. The molecule has 1 aromatic rings. The van der Waals surface area contributed by atoms with Crippen LogP contribution >= 0.6 is 0 Å². The molecule has 2 saturated heterocycles. The highest BCUT2D eigenvalue weighted by atomic mass is 16.2. The molecule has 0 radical (unpaired) electrons. The lowest BCUT2D eigenvalue weighted by Crippen LogP contribution is -2.43. The summed E-state index contributed by atoms with van der Waals surface area (Å²) in [7, 11) is 0. The smallest absolute Gasteiger partial charge is 0.225 e. The van der Waals surface area contributed by atoms with E-state index in [-0.39, 0.29) is 11.8 Å². The number of rotatable bonds is 3. The van der Waals surface area contributed by atoms with Crippen molar-refractivity contribution in [3.8, 4) is 0 Å². The summed E-state index contributed by atoms with van der Waals surface area (Å²) in [5.74, 6) is 2.63. The number of amides is 1. The molecule has 23 heavy (non-hydrogen) atoms. The molecule has 3 heterocycles. The second-order valence-corrected chi connectivity index (χ2v) is 7.45. The minimum atomic E-state index is 0.0756. The third-order valence-electron chi connectivity index (χ3n) is 5.03. The molecule has 5 heteroatoms. The number of nitrogens with zero attached hydrogens (tertiary/aromatic N) is 4. The first-order valence-corrected chi connectivity index (χ1v) is 8.87. The van der Waals surface area contributed by atoms with Crippen LogP contribution in [0.2, 0.25) is 0 Å². The average Bonchev–Trinajstić information content (AvgIpc) is 2.81. The largest absolute Gasteiger partial charge is 0.349 e. The van der Waals surface area contributed by atoms with E-state index in [9.17, 15) is 4.79 Å². The number of fused-ring (bicyclic) bond motifs is 2. The molecule has 0 aliphatic carbocycles. The van der Waals surface area contributed by atoms with E-state index in [2.05, 4.69) is 28.6 Å². The predicted octanol–water partition coefficient (Wildman–Crippen LogP) is 2.83. The number of hydrogen-bond acceptors (Lipinski definition) is 4. The Kier molecular flexibility index (Phi) is 4.55. The Morgan fingerprint density at radius 3 is 2.61 bits per heavy atom. The standard InChI is InChI=1S/C18H28N4O/c1-12(2)17-19-9-7-16(20-17)22-14-5-6-15(22)11-21(10-8-14)18(23)13(3)4/h7,9,12-15H,5-6,8,10-11H2,1-4H3. The van der Waals surface area contributed by atoms with Gasteiger partial charge in [-0.3, -0.25) is 4.79 Å². The zero-order chi connectivity index (χ0) is 16.6. The molecule has 1 aromatic heterocycles. The van der Waals surface area contributed by atoms with E-state index < -0.39 is 0 Å². The molecule has 0 spiro atoms. The van der Waals surface area contributed by atoms with Gasteiger partial charge in [-0.15, -0.1) is 0 Å². The van der Waals surface area contributed by atoms with Gasteiger partial charge in [0.15, 0.2) is 0 Å². The van der Waals surface area contributed by atoms with Gasteiger partial charge in [-0.25, -0.2) is 9.97 Å². The van der Waals surface area contributed by atoms with Crippen molar-refractivity contribution < 1.29 is 4.79 Å². The lowest BCUT2D eigenvalue weighted by Gasteiger charge is -2.30. The molecule has 2 aliphatic heterocycles. The van der Waals surface area contributed by atoms with E-state index in [1.165, 1.54) is 6.42 Å². The molecule has 2 fully saturated rings. The van der Waals surface area contributed by atoms with Crippen molar-refractivity contribution in [2.24, 2.45) is 5.92 Å². The summed E-state index contributed by atoms with van der Waals surface area (Å²) in [5, 5.41) is 0. The molecular formula is C18H28N4O. The number of hydrogen-bond donors (Lipinski definition) is 0. The highest BCUT2D eigenvalue weighted by molar-refractivity contribution is 5.78. The third kappa shape index (κ3) is 3.19. The SMILES string of the molecule is CC(C)C(=O)N1CCC2CCC(C1)N2c1ccnc(C(C)C)n1. The maximum Gasteiger partial charge on any atom is 0.225 e. The number of likely N-dealkylation sites (tertiary alicyclic amines) is 1. The summed E-state index contributed by atoms with van der Waals surface area (Å²) in [5.41, 5.74) is 0. The summed E-state index contributed by atoms with van der Waals surface area (Å²) < 4.78 is 0. The summed E-state index contributed by atoms with van der Waals surface area (Å²) in [6.07, 6.45) is 5.26. The van der Waals surface area contributed by atoms with Crippen LogP contribution in [0.4, 0.5) is 5.82 Å². The van der Waals surface area contributed by atoms with Crippen molar-refractivity contribution >= 4 is 11.7 Å². The molecule has 2 unspecified atom stereocenters. The van der Waals surface area contributed by atoms with Gasteiger partial charge in [0.1, 0.15) is 11.6 Å². The summed E-state index contributed by atoms with van der Waals surface area (Å²) >= 11 is 0. The van der Waals surface area contributed by atoms with Gasteiger partial charge < -0.3 is 9.80 Å². The Labute approximate surface area is 139 Å². The van der Waals surface area contributed by atoms with Crippen LogP contribution in [-0.2, 0) is 4.79 Å². The summed E-state index contributed by atoms with van der Waals surface area (Å²) in [6, 6.07) is 2.91. The normalized spacial score (nSPS) is 24.4. The molecule has 0 aromatic carbocycles. The molecule has 126 valence electrons. The van der Waals surface area contributed by atoms with Crippen molar-refractivity contribution in [1.29, 1.82) is 0 Å². The first-order chi connectivity index (χ1) is 11.0. The predicted molar refractivity (Wildman–Crippen MR) is 91.4 cm³/mol. The minimum absolute atomic E-state index is 0.0756. The van der Waals surface area contributed by atoms with Crippen molar-refractivity contribution in [2.45, 2.75) is 65.0 Å².